The summed E-state index contributed by atoms with van der Waals surface area (Å²) in [5, 5.41) is 0.280. The van der Waals surface area contributed by atoms with Crippen LogP contribution in [0.2, 0.25) is 0 Å². The zero-order valence-electron chi connectivity index (χ0n) is 12.7. The van der Waals surface area contributed by atoms with E-state index in [0.29, 0.717) is 30.8 Å². The SMILES string of the molecule is CCOc1cc(F)cc(C(=O)C2CC3CCCC(C2)S3=O)c1. The highest BCUT2D eigenvalue weighted by atomic mass is 32.2. The van der Waals surface area contributed by atoms with Crippen molar-refractivity contribution in [3.8, 4) is 5.75 Å². The molecule has 0 N–H and O–H groups in total. The van der Waals surface area contributed by atoms with Gasteiger partial charge in [0.15, 0.2) is 5.78 Å². The number of ether oxygens (including phenoxy) is 1. The Bertz CT molecular complexity index is 586. The molecule has 1 aromatic rings. The molecule has 1 aromatic carbocycles. The molecule has 2 unspecified atom stereocenters. The average Bonchev–Trinajstić information content (AvgIpc) is 2.46. The van der Waals surface area contributed by atoms with Gasteiger partial charge in [-0.1, -0.05) is 6.42 Å². The molecule has 0 aliphatic carbocycles. The normalized spacial score (nSPS) is 30.8. The van der Waals surface area contributed by atoms with Gasteiger partial charge in [0, 0.05) is 38.8 Å². The first-order valence-electron chi connectivity index (χ1n) is 7.95. The number of rotatable bonds is 4. The Kier molecular flexibility index (Phi) is 4.62. The average molecular weight is 324 g/mol. The Hall–Kier alpha value is -1.23. The number of hydrogen-bond donors (Lipinski definition) is 0. The van der Waals surface area contributed by atoms with Crippen LogP contribution in [0.25, 0.3) is 0 Å². The van der Waals surface area contributed by atoms with Gasteiger partial charge in [-0.3, -0.25) is 9.00 Å². The fourth-order valence-corrected chi connectivity index (χ4v) is 5.82. The summed E-state index contributed by atoms with van der Waals surface area (Å²) < 4.78 is 31.2. The highest BCUT2D eigenvalue weighted by molar-refractivity contribution is 7.86. The maximum Gasteiger partial charge on any atom is 0.166 e. The van der Waals surface area contributed by atoms with Crippen LogP contribution in [-0.2, 0) is 10.8 Å². The van der Waals surface area contributed by atoms with E-state index in [2.05, 4.69) is 0 Å². The van der Waals surface area contributed by atoms with Crippen molar-refractivity contribution in [2.45, 2.75) is 49.5 Å². The van der Waals surface area contributed by atoms with Gasteiger partial charge in [-0.15, -0.1) is 0 Å². The molecule has 0 amide bonds. The van der Waals surface area contributed by atoms with Crippen molar-refractivity contribution in [1.82, 2.24) is 0 Å². The lowest BCUT2D eigenvalue weighted by Crippen LogP contribution is -2.41. The van der Waals surface area contributed by atoms with E-state index in [1.54, 1.807) is 6.07 Å². The lowest BCUT2D eigenvalue weighted by molar-refractivity contribution is 0.0894. The molecule has 2 aliphatic rings. The van der Waals surface area contributed by atoms with Crippen molar-refractivity contribution < 1.29 is 18.1 Å². The number of fused-ring (bicyclic) bond motifs is 2. The first-order valence-corrected chi connectivity index (χ1v) is 9.23. The van der Waals surface area contributed by atoms with E-state index in [9.17, 15) is 13.4 Å². The van der Waals surface area contributed by atoms with Crippen molar-refractivity contribution >= 4 is 16.6 Å². The second-order valence-corrected chi connectivity index (χ2v) is 8.14. The highest BCUT2D eigenvalue weighted by Crippen LogP contribution is 2.38. The molecular weight excluding hydrogens is 303 g/mol. The molecule has 2 heterocycles. The zero-order chi connectivity index (χ0) is 15.7. The number of Topliss-reactive ketones (excluding diaryl/α,β-unsaturated/α-hetero) is 1. The van der Waals surface area contributed by atoms with E-state index >= 15 is 0 Å². The standard InChI is InChI=1S/C17H21FO3S/c1-2-21-14-7-11(6-13(18)10-14)17(19)12-8-15-4-3-5-16(9-12)22(15)20/h6-7,10,12,15-16H,2-5,8-9H2,1H3. The van der Waals surface area contributed by atoms with Crippen LogP contribution in [0.4, 0.5) is 4.39 Å². The molecule has 0 radical (unpaired) electrons. The van der Waals surface area contributed by atoms with Crippen LogP contribution in [0.5, 0.6) is 5.75 Å². The van der Waals surface area contributed by atoms with Gasteiger partial charge < -0.3 is 4.74 Å². The fourth-order valence-electron chi connectivity index (χ4n) is 3.64. The van der Waals surface area contributed by atoms with E-state index in [0.717, 1.165) is 19.3 Å². The third-order valence-electron chi connectivity index (χ3n) is 4.64. The van der Waals surface area contributed by atoms with Crippen molar-refractivity contribution in [1.29, 1.82) is 0 Å². The first kappa shape index (κ1) is 15.7. The van der Waals surface area contributed by atoms with Gasteiger partial charge >= 0.3 is 0 Å². The van der Waals surface area contributed by atoms with Gasteiger partial charge in [0.2, 0.25) is 0 Å². The van der Waals surface area contributed by atoms with Crippen LogP contribution in [0.15, 0.2) is 18.2 Å². The molecular formula is C17H21FO3S. The van der Waals surface area contributed by atoms with Gasteiger partial charge in [-0.25, -0.2) is 4.39 Å². The van der Waals surface area contributed by atoms with Gasteiger partial charge in [0.25, 0.3) is 0 Å². The number of carbonyl (C=O) groups is 1. The maximum absolute atomic E-state index is 13.7. The predicted molar refractivity (Wildman–Crippen MR) is 84.2 cm³/mol. The van der Waals surface area contributed by atoms with E-state index < -0.39 is 16.6 Å². The van der Waals surface area contributed by atoms with Crippen molar-refractivity contribution in [2.24, 2.45) is 5.92 Å². The summed E-state index contributed by atoms with van der Waals surface area (Å²) in [4.78, 5) is 12.7. The van der Waals surface area contributed by atoms with Crippen LogP contribution < -0.4 is 4.74 Å². The lowest BCUT2D eigenvalue weighted by Gasteiger charge is -2.37. The van der Waals surface area contributed by atoms with Gasteiger partial charge in [-0.05, 0) is 44.7 Å². The van der Waals surface area contributed by atoms with E-state index in [1.807, 2.05) is 6.92 Å². The number of halogens is 1. The van der Waals surface area contributed by atoms with Crippen LogP contribution in [-0.4, -0.2) is 27.1 Å². The van der Waals surface area contributed by atoms with E-state index in [1.165, 1.54) is 12.1 Å². The number of benzene rings is 1. The summed E-state index contributed by atoms with van der Waals surface area (Å²) in [6.45, 7) is 2.26. The monoisotopic (exact) mass is 324 g/mol. The van der Waals surface area contributed by atoms with E-state index in [-0.39, 0.29) is 22.2 Å². The fraction of sp³-hybridized carbons (Fsp3) is 0.588. The Morgan fingerprint density at radius 3 is 2.59 bits per heavy atom. The largest absolute Gasteiger partial charge is 0.494 e. The Labute approximate surface area is 132 Å². The number of hydrogen-bond acceptors (Lipinski definition) is 3. The van der Waals surface area contributed by atoms with Gasteiger partial charge in [0.1, 0.15) is 11.6 Å². The molecule has 3 nitrogen and oxygen atoms in total. The van der Waals surface area contributed by atoms with Crippen molar-refractivity contribution in [3.05, 3.63) is 29.6 Å². The van der Waals surface area contributed by atoms with Crippen molar-refractivity contribution in [3.63, 3.8) is 0 Å². The van der Waals surface area contributed by atoms with Crippen LogP contribution in [0.3, 0.4) is 0 Å². The topological polar surface area (TPSA) is 43.4 Å². The van der Waals surface area contributed by atoms with Crippen LogP contribution in [0, 0.1) is 11.7 Å². The molecule has 2 bridgehead atoms. The summed E-state index contributed by atoms with van der Waals surface area (Å²) in [6, 6.07) is 4.20. The molecule has 22 heavy (non-hydrogen) atoms. The molecule has 2 atom stereocenters. The molecule has 3 rings (SSSR count). The third-order valence-corrected chi connectivity index (χ3v) is 6.81. The summed E-state index contributed by atoms with van der Waals surface area (Å²) in [6.07, 6.45) is 4.34. The summed E-state index contributed by atoms with van der Waals surface area (Å²) >= 11 is 0. The smallest absolute Gasteiger partial charge is 0.166 e. The lowest BCUT2D eigenvalue weighted by atomic mass is 9.84. The minimum Gasteiger partial charge on any atom is -0.494 e. The highest BCUT2D eigenvalue weighted by Gasteiger charge is 2.40. The molecule has 2 saturated heterocycles. The predicted octanol–water partition coefficient (Wildman–Crippen LogP) is 3.49. The quantitative estimate of drug-likeness (QED) is 0.796. The minimum absolute atomic E-state index is 0.0333. The van der Waals surface area contributed by atoms with Crippen LogP contribution in [0.1, 0.15) is 49.4 Å². The molecule has 2 aliphatic heterocycles. The van der Waals surface area contributed by atoms with Crippen LogP contribution >= 0.6 is 0 Å². The molecule has 0 spiro atoms. The third kappa shape index (κ3) is 3.09. The zero-order valence-corrected chi connectivity index (χ0v) is 13.5. The first-order chi connectivity index (χ1) is 10.6. The summed E-state index contributed by atoms with van der Waals surface area (Å²) in [5.74, 6) is -0.224. The Morgan fingerprint density at radius 1 is 1.27 bits per heavy atom. The molecule has 0 aromatic heterocycles. The van der Waals surface area contributed by atoms with Gasteiger partial charge in [-0.2, -0.15) is 0 Å². The second kappa shape index (κ2) is 6.49. The van der Waals surface area contributed by atoms with Gasteiger partial charge in [0.05, 0.1) is 6.61 Å². The molecule has 120 valence electrons. The molecule has 5 heteroatoms. The Balaban J connectivity index is 1.80. The number of ketones is 1. The molecule has 0 saturated carbocycles. The van der Waals surface area contributed by atoms with E-state index in [4.69, 9.17) is 4.74 Å². The summed E-state index contributed by atoms with van der Waals surface area (Å²) in [5.41, 5.74) is 0.374. The van der Waals surface area contributed by atoms with Crippen molar-refractivity contribution in [2.75, 3.05) is 6.61 Å². The number of carbonyl (C=O) groups excluding carboxylic acids is 1. The Morgan fingerprint density at radius 2 is 1.95 bits per heavy atom. The maximum atomic E-state index is 13.7. The summed E-state index contributed by atoms with van der Waals surface area (Å²) in [7, 11) is -0.792. The second-order valence-electron chi connectivity index (χ2n) is 6.14. The molecule has 2 fully saturated rings. The minimum atomic E-state index is -0.792.